The van der Waals surface area contributed by atoms with Crippen LogP contribution in [0.1, 0.15) is 22.3 Å². The third-order valence-corrected chi connectivity index (χ3v) is 5.81. The molecule has 4 rings (SSSR count). The highest BCUT2D eigenvalue weighted by Crippen LogP contribution is 2.35. The summed E-state index contributed by atoms with van der Waals surface area (Å²) in [5.41, 5.74) is 3.51. The Morgan fingerprint density at radius 1 is 1.12 bits per heavy atom. The summed E-state index contributed by atoms with van der Waals surface area (Å²) in [6, 6.07) is 17.3. The van der Waals surface area contributed by atoms with Crippen LogP contribution in [0.4, 0.5) is 5.69 Å². The van der Waals surface area contributed by atoms with E-state index >= 15 is 0 Å². The summed E-state index contributed by atoms with van der Waals surface area (Å²) >= 11 is 2.12. The molecule has 0 spiro atoms. The van der Waals surface area contributed by atoms with Crippen molar-refractivity contribution in [2.45, 2.75) is 13.5 Å². The van der Waals surface area contributed by atoms with Gasteiger partial charge in [-0.05, 0) is 83.1 Å². The van der Waals surface area contributed by atoms with Gasteiger partial charge in [0.25, 0.3) is 5.69 Å². The Kier molecular flexibility index (Phi) is 6.92. The molecule has 0 saturated carbocycles. The van der Waals surface area contributed by atoms with Crippen LogP contribution in [0.5, 0.6) is 11.5 Å². The van der Waals surface area contributed by atoms with E-state index in [0.29, 0.717) is 17.1 Å². The Hall–Kier alpha value is -3.73. The molecule has 0 fully saturated rings. The number of cyclic esters (lactones) is 1. The first-order valence-electron chi connectivity index (χ1n) is 10.2. The molecule has 0 N–H and O–H groups in total. The first kappa shape index (κ1) is 23.4. The van der Waals surface area contributed by atoms with Crippen molar-refractivity contribution in [1.29, 1.82) is 0 Å². The van der Waals surface area contributed by atoms with Gasteiger partial charge < -0.3 is 14.2 Å². The van der Waals surface area contributed by atoms with E-state index in [2.05, 4.69) is 27.6 Å². The predicted octanol–water partition coefficient (Wildman–Crippen LogP) is 5.44. The summed E-state index contributed by atoms with van der Waals surface area (Å²) in [7, 11) is 1.53. The van der Waals surface area contributed by atoms with Gasteiger partial charge in [-0.15, -0.1) is 0 Å². The van der Waals surface area contributed by atoms with Crippen LogP contribution in [0.2, 0.25) is 0 Å². The number of non-ortho nitro benzene ring substituents is 1. The maximum Gasteiger partial charge on any atom is 0.363 e. The largest absolute Gasteiger partial charge is 0.493 e. The van der Waals surface area contributed by atoms with Gasteiger partial charge in [0.05, 0.1) is 15.6 Å². The van der Waals surface area contributed by atoms with Crippen molar-refractivity contribution in [3.05, 3.63) is 102 Å². The van der Waals surface area contributed by atoms with Gasteiger partial charge in [0.2, 0.25) is 5.90 Å². The maximum atomic E-state index is 12.4. The number of ether oxygens (including phenoxy) is 3. The number of hydrogen-bond donors (Lipinski definition) is 0. The molecule has 34 heavy (non-hydrogen) atoms. The number of nitro benzene ring substituents is 1. The molecule has 3 aromatic carbocycles. The molecule has 0 amide bonds. The minimum atomic E-state index is -0.525. The molecule has 1 aliphatic heterocycles. The Labute approximate surface area is 209 Å². The molecule has 1 heterocycles. The lowest BCUT2D eigenvalue weighted by Crippen LogP contribution is -2.05. The SMILES string of the molecule is COc1cc(/C=C2\N=C(c3ccc(C)cc3)OC2=O)cc(I)c1OCc1ccc([N+](=O)[O-])cc1. The van der Waals surface area contributed by atoms with Crippen molar-refractivity contribution in [2.24, 2.45) is 4.99 Å². The van der Waals surface area contributed by atoms with E-state index in [1.54, 1.807) is 24.3 Å². The third kappa shape index (κ3) is 5.25. The van der Waals surface area contributed by atoms with Gasteiger partial charge >= 0.3 is 5.97 Å². The van der Waals surface area contributed by atoms with Gasteiger partial charge in [0.1, 0.15) is 6.61 Å². The zero-order chi connectivity index (χ0) is 24.2. The molecule has 9 heteroatoms. The summed E-state index contributed by atoms with van der Waals surface area (Å²) in [6.45, 7) is 2.19. The second-order valence-corrected chi connectivity index (χ2v) is 8.61. The Morgan fingerprint density at radius 3 is 2.47 bits per heavy atom. The van der Waals surface area contributed by atoms with Gasteiger partial charge in [-0.25, -0.2) is 9.79 Å². The third-order valence-electron chi connectivity index (χ3n) is 5.00. The summed E-state index contributed by atoms with van der Waals surface area (Å²) in [4.78, 5) is 27.1. The number of benzene rings is 3. The van der Waals surface area contributed by atoms with Crippen LogP contribution in [-0.2, 0) is 16.1 Å². The van der Waals surface area contributed by atoms with Crippen molar-refractivity contribution in [3.8, 4) is 11.5 Å². The molecule has 172 valence electrons. The van der Waals surface area contributed by atoms with E-state index in [1.807, 2.05) is 37.3 Å². The first-order valence-corrected chi connectivity index (χ1v) is 11.2. The molecule has 0 radical (unpaired) electrons. The van der Waals surface area contributed by atoms with Crippen LogP contribution in [0.3, 0.4) is 0 Å². The lowest BCUT2D eigenvalue weighted by molar-refractivity contribution is -0.384. The van der Waals surface area contributed by atoms with Crippen LogP contribution >= 0.6 is 22.6 Å². The number of aryl methyl sites for hydroxylation is 1. The molecular weight excluding hydrogens is 551 g/mol. The second-order valence-electron chi connectivity index (χ2n) is 7.45. The Balaban J connectivity index is 1.55. The van der Waals surface area contributed by atoms with Crippen LogP contribution in [-0.4, -0.2) is 23.9 Å². The van der Waals surface area contributed by atoms with Gasteiger partial charge in [0, 0.05) is 17.7 Å². The molecule has 0 aliphatic carbocycles. The molecule has 0 saturated heterocycles. The van der Waals surface area contributed by atoms with Crippen LogP contribution in [0.15, 0.2) is 71.4 Å². The molecule has 1 aliphatic rings. The van der Waals surface area contributed by atoms with Crippen LogP contribution in [0, 0.1) is 20.6 Å². The van der Waals surface area contributed by atoms with E-state index in [-0.39, 0.29) is 23.9 Å². The van der Waals surface area contributed by atoms with Crippen molar-refractivity contribution in [1.82, 2.24) is 0 Å². The van der Waals surface area contributed by atoms with Crippen molar-refractivity contribution in [3.63, 3.8) is 0 Å². The molecule has 0 atom stereocenters. The van der Waals surface area contributed by atoms with E-state index in [1.165, 1.54) is 19.2 Å². The number of nitrogens with zero attached hydrogens (tertiary/aromatic N) is 2. The molecule has 0 aromatic heterocycles. The quantitative estimate of drug-likeness (QED) is 0.123. The van der Waals surface area contributed by atoms with Gasteiger partial charge in [-0.2, -0.15) is 0 Å². The summed E-state index contributed by atoms with van der Waals surface area (Å²) in [5.74, 6) is 0.750. The average Bonchev–Trinajstić information content (AvgIpc) is 3.18. The highest BCUT2D eigenvalue weighted by Gasteiger charge is 2.24. The van der Waals surface area contributed by atoms with Gasteiger partial charge in [-0.3, -0.25) is 10.1 Å². The first-order chi connectivity index (χ1) is 16.3. The lowest BCUT2D eigenvalue weighted by Gasteiger charge is -2.13. The van der Waals surface area contributed by atoms with Gasteiger partial charge in [0.15, 0.2) is 17.2 Å². The van der Waals surface area contributed by atoms with Crippen LogP contribution < -0.4 is 9.47 Å². The van der Waals surface area contributed by atoms with Crippen LogP contribution in [0.25, 0.3) is 6.08 Å². The normalized spacial score (nSPS) is 14.0. The topological polar surface area (TPSA) is 100 Å². The van der Waals surface area contributed by atoms with E-state index < -0.39 is 10.9 Å². The summed E-state index contributed by atoms with van der Waals surface area (Å²) in [6.07, 6.45) is 1.63. The number of rotatable bonds is 7. The Morgan fingerprint density at radius 2 is 1.82 bits per heavy atom. The zero-order valence-corrected chi connectivity index (χ0v) is 20.4. The minimum Gasteiger partial charge on any atom is -0.493 e. The van der Waals surface area contributed by atoms with Gasteiger partial charge in [-0.1, -0.05) is 17.7 Å². The van der Waals surface area contributed by atoms with Crippen molar-refractivity contribution >= 4 is 46.2 Å². The molecule has 8 nitrogen and oxygen atoms in total. The molecule has 0 unspecified atom stereocenters. The predicted molar refractivity (Wildman–Crippen MR) is 135 cm³/mol. The summed E-state index contributed by atoms with van der Waals surface area (Å²) in [5, 5.41) is 10.8. The molecule has 0 bridgehead atoms. The maximum absolute atomic E-state index is 12.4. The fourth-order valence-electron chi connectivity index (χ4n) is 3.22. The molecular formula is C25H19IN2O6. The fraction of sp³-hybridized carbons (Fsp3) is 0.120. The number of hydrogen-bond acceptors (Lipinski definition) is 7. The standard InChI is InChI=1S/C25H19IN2O6/c1-15-3-7-18(8-4-15)24-27-21(25(29)34-24)12-17-11-20(26)23(22(13-17)32-2)33-14-16-5-9-19(10-6-16)28(30)31/h3-13H,14H2,1-2H3/b21-12-. The number of aliphatic imine (C=N–C) groups is 1. The van der Waals surface area contributed by atoms with E-state index in [4.69, 9.17) is 14.2 Å². The van der Waals surface area contributed by atoms with Crippen molar-refractivity contribution < 1.29 is 23.9 Å². The fourth-order valence-corrected chi connectivity index (χ4v) is 4.00. The zero-order valence-electron chi connectivity index (χ0n) is 18.3. The number of halogens is 1. The highest BCUT2D eigenvalue weighted by molar-refractivity contribution is 14.1. The van der Waals surface area contributed by atoms with Crippen molar-refractivity contribution in [2.75, 3.05) is 7.11 Å². The average molecular weight is 570 g/mol. The lowest BCUT2D eigenvalue weighted by atomic mass is 10.1. The number of carbonyl (C=O) groups excluding carboxylic acids is 1. The molecule has 3 aromatic rings. The Bertz CT molecular complexity index is 1310. The minimum absolute atomic E-state index is 0.0203. The number of esters is 1. The number of carbonyl (C=O) groups is 1. The number of methoxy groups -OCH3 is 1. The van der Waals surface area contributed by atoms with E-state index in [0.717, 1.165) is 20.3 Å². The monoisotopic (exact) mass is 570 g/mol. The second kappa shape index (κ2) is 10.0. The number of nitro groups is 1. The summed E-state index contributed by atoms with van der Waals surface area (Å²) < 4.78 is 17.5. The smallest absolute Gasteiger partial charge is 0.363 e. The highest BCUT2D eigenvalue weighted by atomic mass is 127. The van der Waals surface area contributed by atoms with E-state index in [9.17, 15) is 14.9 Å².